The van der Waals surface area contributed by atoms with Gasteiger partial charge in [0.15, 0.2) is 0 Å². The van der Waals surface area contributed by atoms with Gasteiger partial charge in [-0.1, -0.05) is 27.7 Å². The van der Waals surface area contributed by atoms with E-state index < -0.39 is 0 Å². The highest BCUT2D eigenvalue weighted by atomic mass is 19.1. The zero-order valence-electron chi connectivity index (χ0n) is 11.7. The fraction of sp³-hybridized carbons (Fsp3) is 0.600. The van der Waals surface area contributed by atoms with Crippen LogP contribution in [0.4, 0.5) is 8.78 Å². The average Bonchev–Trinajstić information content (AvgIpc) is 2.26. The molecule has 0 aliphatic rings. The summed E-state index contributed by atoms with van der Waals surface area (Å²) < 4.78 is 27.1. The third-order valence-electron chi connectivity index (χ3n) is 2.79. The molecule has 0 bridgehead atoms. The van der Waals surface area contributed by atoms with E-state index in [1.54, 1.807) is 0 Å². The molecule has 0 aromatic heterocycles. The van der Waals surface area contributed by atoms with E-state index in [4.69, 9.17) is 0 Å². The molecule has 1 aromatic rings. The molecule has 0 amide bonds. The van der Waals surface area contributed by atoms with Gasteiger partial charge in [-0.3, -0.25) is 0 Å². The third-order valence-corrected chi connectivity index (χ3v) is 2.79. The normalized spacial score (nSPS) is 13.7. The first-order valence-corrected chi connectivity index (χ1v) is 6.52. The van der Waals surface area contributed by atoms with Gasteiger partial charge in [0.1, 0.15) is 11.6 Å². The van der Waals surface area contributed by atoms with Crippen LogP contribution in [0.1, 0.15) is 52.1 Å². The van der Waals surface area contributed by atoms with Crippen LogP contribution < -0.4 is 5.32 Å². The summed E-state index contributed by atoms with van der Waals surface area (Å²) in [4.78, 5) is 0. The van der Waals surface area contributed by atoms with Crippen LogP contribution in [0.2, 0.25) is 0 Å². The maximum atomic E-state index is 13.8. The predicted octanol–water partition coefficient (Wildman–Crippen LogP) is 4.44. The second-order valence-electron chi connectivity index (χ2n) is 5.94. The van der Waals surface area contributed by atoms with Crippen molar-refractivity contribution in [2.24, 2.45) is 5.41 Å². The summed E-state index contributed by atoms with van der Waals surface area (Å²) in [7, 11) is 0. The topological polar surface area (TPSA) is 12.0 Å². The van der Waals surface area contributed by atoms with Crippen LogP contribution in [-0.2, 0) is 0 Å². The Bertz CT molecular complexity index is 383. The summed E-state index contributed by atoms with van der Waals surface area (Å²) in [5.41, 5.74) is 0.489. The van der Waals surface area contributed by atoms with Gasteiger partial charge in [0.25, 0.3) is 0 Å². The van der Waals surface area contributed by atoms with E-state index in [-0.39, 0.29) is 23.1 Å². The van der Waals surface area contributed by atoms with E-state index in [0.717, 1.165) is 25.5 Å². The number of benzene rings is 1. The first kappa shape index (κ1) is 15.1. The quantitative estimate of drug-likeness (QED) is 0.820. The van der Waals surface area contributed by atoms with Gasteiger partial charge in [0.05, 0.1) is 0 Å². The Morgan fingerprint density at radius 1 is 1.22 bits per heavy atom. The standard InChI is InChI=1S/C15H23F2N/c1-5-8-18-14(10-15(2,3)4)12-9-11(16)6-7-13(12)17/h6-7,9,14,18H,5,8,10H2,1-4H3. The molecule has 102 valence electrons. The Morgan fingerprint density at radius 3 is 2.44 bits per heavy atom. The zero-order chi connectivity index (χ0) is 13.8. The molecular formula is C15H23F2N. The zero-order valence-corrected chi connectivity index (χ0v) is 11.7. The lowest BCUT2D eigenvalue weighted by atomic mass is 9.85. The van der Waals surface area contributed by atoms with Crippen LogP contribution in [0, 0.1) is 17.0 Å². The monoisotopic (exact) mass is 255 g/mol. The van der Waals surface area contributed by atoms with E-state index in [2.05, 4.69) is 33.0 Å². The molecule has 18 heavy (non-hydrogen) atoms. The molecule has 0 saturated carbocycles. The van der Waals surface area contributed by atoms with Gasteiger partial charge in [-0.15, -0.1) is 0 Å². The molecule has 1 aromatic carbocycles. The molecule has 1 unspecified atom stereocenters. The average molecular weight is 255 g/mol. The fourth-order valence-electron chi connectivity index (χ4n) is 2.00. The number of rotatable bonds is 5. The molecule has 1 rings (SSSR count). The predicted molar refractivity (Wildman–Crippen MR) is 71.5 cm³/mol. The van der Waals surface area contributed by atoms with E-state index in [0.29, 0.717) is 5.56 Å². The van der Waals surface area contributed by atoms with E-state index in [1.807, 2.05) is 0 Å². The van der Waals surface area contributed by atoms with Crippen LogP contribution >= 0.6 is 0 Å². The molecule has 1 N–H and O–H groups in total. The molecule has 0 aliphatic carbocycles. The van der Waals surface area contributed by atoms with Crippen molar-refractivity contribution < 1.29 is 8.78 Å². The summed E-state index contributed by atoms with van der Waals surface area (Å²) in [6.07, 6.45) is 1.74. The SMILES string of the molecule is CCCNC(CC(C)(C)C)c1cc(F)ccc1F. The van der Waals surface area contributed by atoms with Crippen molar-refractivity contribution in [1.29, 1.82) is 0 Å². The first-order valence-electron chi connectivity index (χ1n) is 6.52. The Labute approximate surface area is 109 Å². The van der Waals surface area contributed by atoms with Crippen molar-refractivity contribution in [3.63, 3.8) is 0 Å². The van der Waals surface area contributed by atoms with Gasteiger partial charge in [0.2, 0.25) is 0 Å². The molecule has 0 spiro atoms. The Morgan fingerprint density at radius 2 is 1.89 bits per heavy atom. The smallest absolute Gasteiger partial charge is 0.128 e. The molecule has 0 aliphatic heterocycles. The highest BCUT2D eigenvalue weighted by molar-refractivity contribution is 5.22. The van der Waals surface area contributed by atoms with Gasteiger partial charge < -0.3 is 5.32 Å². The van der Waals surface area contributed by atoms with E-state index in [9.17, 15) is 8.78 Å². The van der Waals surface area contributed by atoms with Crippen LogP contribution in [-0.4, -0.2) is 6.54 Å². The highest BCUT2D eigenvalue weighted by Gasteiger charge is 2.22. The molecule has 3 heteroatoms. The fourth-order valence-corrected chi connectivity index (χ4v) is 2.00. The van der Waals surface area contributed by atoms with E-state index >= 15 is 0 Å². The van der Waals surface area contributed by atoms with Gasteiger partial charge in [-0.05, 0) is 43.0 Å². The van der Waals surface area contributed by atoms with Crippen molar-refractivity contribution >= 4 is 0 Å². The minimum Gasteiger partial charge on any atom is -0.310 e. The van der Waals surface area contributed by atoms with E-state index in [1.165, 1.54) is 12.1 Å². The summed E-state index contributed by atoms with van der Waals surface area (Å²) in [6, 6.07) is 3.52. The van der Waals surface area contributed by atoms with Gasteiger partial charge in [-0.25, -0.2) is 8.78 Å². The summed E-state index contributed by atoms with van der Waals surface area (Å²) in [5.74, 6) is -0.724. The minimum atomic E-state index is -0.386. The molecule has 0 radical (unpaired) electrons. The Kier molecular flexibility index (Phi) is 5.27. The molecule has 1 atom stereocenters. The van der Waals surface area contributed by atoms with Crippen LogP contribution in [0.15, 0.2) is 18.2 Å². The number of halogens is 2. The Balaban J connectivity index is 2.97. The largest absolute Gasteiger partial charge is 0.310 e. The van der Waals surface area contributed by atoms with Crippen LogP contribution in [0.5, 0.6) is 0 Å². The maximum Gasteiger partial charge on any atom is 0.128 e. The molecule has 1 nitrogen and oxygen atoms in total. The van der Waals surface area contributed by atoms with Crippen LogP contribution in [0.3, 0.4) is 0 Å². The van der Waals surface area contributed by atoms with Gasteiger partial charge in [-0.2, -0.15) is 0 Å². The lowest BCUT2D eigenvalue weighted by Crippen LogP contribution is -2.27. The van der Waals surface area contributed by atoms with Crippen molar-refractivity contribution in [2.45, 2.75) is 46.6 Å². The molecule has 0 fully saturated rings. The molecule has 0 saturated heterocycles. The summed E-state index contributed by atoms with van der Waals surface area (Å²) >= 11 is 0. The van der Waals surface area contributed by atoms with Gasteiger partial charge >= 0.3 is 0 Å². The summed E-state index contributed by atoms with van der Waals surface area (Å²) in [6.45, 7) is 9.17. The van der Waals surface area contributed by atoms with Crippen molar-refractivity contribution in [2.75, 3.05) is 6.54 Å². The number of hydrogen-bond acceptors (Lipinski definition) is 1. The highest BCUT2D eigenvalue weighted by Crippen LogP contribution is 2.31. The number of nitrogens with one attached hydrogen (secondary N) is 1. The van der Waals surface area contributed by atoms with Crippen molar-refractivity contribution in [1.82, 2.24) is 5.32 Å². The van der Waals surface area contributed by atoms with Crippen molar-refractivity contribution in [3.8, 4) is 0 Å². The second-order valence-corrected chi connectivity index (χ2v) is 5.94. The Hall–Kier alpha value is -0.960. The van der Waals surface area contributed by atoms with Gasteiger partial charge in [0, 0.05) is 11.6 Å². The maximum absolute atomic E-state index is 13.8. The van der Waals surface area contributed by atoms with Crippen molar-refractivity contribution in [3.05, 3.63) is 35.4 Å². The lowest BCUT2D eigenvalue weighted by Gasteiger charge is -2.27. The third kappa shape index (κ3) is 4.73. The molecular weight excluding hydrogens is 232 g/mol. The minimum absolute atomic E-state index is 0.0597. The second kappa shape index (κ2) is 6.28. The summed E-state index contributed by atoms with van der Waals surface area (Å²) in [5, 5.41) is 3.30. The molecule has 0 heterocycles. The van der Waals surface area contributed by atoms with Crippen LogP contribution in [0.25, 0.3) is 0 Å². The first-order chi connectivity index (χ1) is 8.33. The number of hydrogen-bond donors (Lipinski definition) is 1. The lowest BCUT2D eigenvalue weighted by molar-refractivity contribution is 0.306.